The Morgan fingerprint density at radius 1 is 1.36 bits per heavy atom. The van der Waals surface area contributed by atoms with Crippen molar-refractivity contribution in [2.24, 2.45) is 0 Å². The largest absolute Gasteiger partial charge is 0.481 e. The lowest BCUT2D eigenvalue weighted by molar-refractivity contribution is -0.504. The zero-order valence-corrected chi connectivity index (χ0v) is 8.45. The van der Waals surface area contributed by atoms with Gasteiger partial charge in [0.1, 0.15) is 5.69 Å². The maximum absolute atomic E-state index is 11.0. The molecule has 0 saturated heterocycles. The second kappa shape index (κ2) is 3.80. The first kappa shape index (κ1) is 10.7. The van der Waals surface area contributed by atoms with Crippen LogP contribution in [0.3, 0.4) is 0 Å². The SMILES string of the molecule is [CH2-][NH2+]c1ccc(C(C)(C)C(=O)O)cc1. The van der Waals surface area contributed by atoms with E-state index in [9.17, 15) is 4.79 Å². The fourth-order valence-corrected chi connectivity index (χ4v) is 1.16. The van der Waals surface area contributed by atoms with E-state index in [1.807, 2.05) is 24.3 Å². The second-order valence-electron chi connectivity index (χ2n) is 3.76. The Kier molecular flexibility index (Phi) is 2.91. The predicted octanol–water partition coefficient (Wildman–Crippen LogP) is 1.04. The normalized spacial score (nSPS) is 11.4. The molecular formula is C11H15NO2. The molecule has 3 nitrogen and oxygen atoms in total. The molecule has 0 unspecified atom stereocenters. The molecule has 3 heteroatoms. The van der Waals surface area contributed by atoms with E-state index in [2.05, 4.69) is 7.05 Å². The molecule has 0 atom stereocenters. The maximum Gasteiger partial charge on any atom is 0.313 e. The number of carboxylic acids is 1. The van der Waals surface area contributed by atoms with Gasteiger partial charge in [-0.3, -0.25) is 4.79 Å². The van der Waals surface area contributed by atoms with Crippen molar-refractivity contribution in [1.82, 2.24) is 0 Å². The molecule has 0 aliphatic carbocycles. The Labute approximate surface area is 83.8 Å². The summed E-state index contributed by atoms with van der Waals surface area (Å²) in [5.74, 6) is -0.816. The topological polar surface area (TPSA) is 53.9 Å². The van der Waals surface area contributed by atoms with E-state index >= 15 is 0 Å². The molecule has 0 aliphatic rings. The van der Waals surface area contributed by atoms with Crippen LogP contribution in [0.2, 0.25) is 0 Å². The number of quaternary nitrogens is 1. The summed E-state index contributed by atoms with van der Waals surface area (Å²) in [6.45, 7) is 3.39. The summed E-state index contributed by atoms with van der Waals surface area (Å²) in [4.78, 5) is 11.0. The first-order valence-corrected chi connectivity index (χ1v) is 4.45. The van der Waals surface area contributed by atoms with Gasteiger partial charge in [0, 0.05) is 0 Å². The molecule has 0 heterocycles. The van der Waals surface area contributed by atoms with Crippen molar-refractivity contribution in [3.63, 3.8) is 0 Å². The van der Waals surface area contributed by atoms with Crippen LogP contribution in [-0.4, -0.2) is 11.1 Å². The van der Waals surface area contributed by atoms with E-state index in [4.69, 9.17) is 5.11 Å². The highest BCUT2D eigenvalue weighted by atomic mass is 16.4. The second-order valence-corrected chi connectivity index (χ2v) is 3.76. The van der Waals surface area contributed by atoms with E-state index in [-0.39, 0.29) is 0 Å². The molecule has 0 amide bonds. The van der Waals surface area contributed by atoms with E-state index in [0.717, 1.165) is 11.3 Å². The lowest BCUT2D eigenvalue weighted by Crippen LogP contribution is -2.69. The molecular weight excluding hydrogens is 178 g/mol. The predicted molar refractivity (Wildman–Crippen MR) is 54.0 cm³/mol. The average Bonchev–Trinajstić information content (AvgIpc) is 2.17. The molecule has 1 aromatic rings. The zero-order valence-electron chi connectivity index (χ0n) is 8.45. The highest BCUT2D eigenvalue weighted by molar-refractivity contribution is 5.80. The van der Waals surface area contributed by atoms with Gasteiger partial charge in [0.25, 0.3) is 0 Å². The number of aliphatic carboxylic acids is 1. The quantitative estimate of drug-likeness (QED) is 0.556. The molecule has 76 valence electrons. The Morgan fingerprint density at radius 2 is 1.86 bits per heavy atom. The van der Waals surface area contributed by atoms with E-state index < -0.39 is 11.4 Å². The number of hydrogen-bond donors (Lipinski definition) is 2. The molecule has 0 aromatic heterocycles. The van der Waals surface area contributed by atoms with Gasteiger partial charge in [-0.1, -0.05) is 12.1 Å². The molecule has 0 bridgehead atoms. The molecule has 0 radical (unpaired) electrons. The third-order valence-electron chi connectivity index (χ3n) is 2.40. The van der Waals surface area contributed by atoms with Crippen LogP contribution in [0.15, 0.2) is 24.3 Å². The zero-order chi connectivity index (χ0) is 10.8. The van der Waals surface area contributed by atoms with Crippen LogP contribution < -0.4 is 5.32 Å². The average molecular weight is 193 g/mol. The Morgan fingerprint density at radius 3 is 2.21 bits per heavy atom. The molecule has 1 rings (SSSR count). The van der Waals surface area contributed by atoms with Crippen molar-refractivity contribution >= 4 is 11.7 Å². The minimum Gasteiger partial charge on any atom is -0.481 e. The summed E-state index contributed by atoms with van der Waals surface area (Å²) in [6, 6.07) is 7.39. The maximum atomic E-state index is 11.0. The monoisotopic (exact) mass is 193 g/mol. The van der Waals surface area contributed by atoms with Crippen molar-refractivity contribution in [3.05, 3.63) is 36.9 Å². The number of rotatable bonds is 3. The number of benzene rings is 1. The van der Waals surface area contributed by atoms with Gasteiger partial charge in [-0.2, -0.15) is 0 Å². The third-order valence-corrected chi connectivity index (χ3v) is 2.40. The molecule has 0 saturated carbocycles. The Bertz CT molecular complexity index is 328. The van der Waals surface area contributed by atoms with Gasteiger partial charge in [-0.05, 0) is 31.5 Å². The summed E-state index contributed by atoms with van der Waals surface area (Å²) < 4.78 is 0. The smallest absolute Gasteiger partial charge is 0.313 e. The fraction of sp³-hybridized carbons (Fsp3) is 0.273. The molecule has 3 N–H and O–H groups in total. The van der Waals surface area contributed by atoms with Crippen LogP contribution in [-0.2, 0) is 10.2 Å². The molecule has 0 spiro atoms. The van der Waals surface area contributed by atoms with Crippen molar-refractivity contribution in [1.29, 1.82) is 0 Å². The molecule has 0 fully saturated rings. The minimum atomic E-state index is -0.834. The van der Waals surface area contributed by atoms with Gasteiger partial charge < -0.3 is 10.4 Å². The van der Waals surface area contributed by atoms with Crippen molar-refractivity contribution < 1.29 is 15.2 Å². The van der Waals surface area contributed by atoms with Gasteiger partial charge >= 0.3 is 5.97 Å². The van der Waals surface area contributed by atoms with Crippen LogP contribution in [0.1, 0.15) is 19.4 Å². The summed E-state index contributed by atoms with van der Waals surface area (Å²) >= 11 is 0. The Balaban J connectivity index is 3.02. The van der Waals surface area contributed by atoms with Crippen molar-refractivity contribution in [3.8, 4) is 0 Å². The van der Waals surface area contributed by atoms with Crippen LogP contribution in [0.4, 0.5) is 5.69 Å². The van der Waals surface area contributed by atoms with E-state index in [0.29, 0.717) is 0 Å². The lowest BCUT2D eigenvalue weighted by Gasteiger charge is -2.19. The summed E-state index contributed by atoms with van der Waals surface area (Å²) in [5, 5.41) is 10.7. The van der Waals surface area contributed by atoms with Crippen molar-refractivity contribution in [2.45, 2.75) is 19.3 Å². The third kappa shape index (κ3) is 1.93. The standard InChI is InChI=1S/C11H15NO2/c1-11(2,10(13)14)8-4-6-9(12-3)7-5-8/h4-7H,3,12H2,1-2H3,(H,13,14). The van der Waals surface area contributed by atoms with Gasteiger partial charge in [-0.15, -0.1) is 7.05 Å². The fourth-order valence-electron chi connectivity index (χ4n) is 1.16. The van der Waals surface area contributed by atoms with Crippen molar-refractivity contribution in [2.75, 3.05) is 0 Å². The number of carbonyl (C=O) groups is 1. The van der Waals surface area contributed by atoms with Crippen LogP contribution in [0.25, 0.3) is 0 Å². The molecule has 14 heavy (non-hydrogen) atoms. The van der Waals surface area contributed by atoms with E-state index in [1.165, 1.54) is 0 Å². The highest BCUT2D eigenvalue weighted by Crippen LogP contribution is 2.23. The summed E-state index contributed by atoms with van der Waals surface area (Å²) in [5.41, 5.74) is 0.963. The van der Waals surface area contributed by atoms with Crippen LogP contribution in [0.5, 0.6) is 0 Å². The highest BCUT2D eigenvalue weighted by Gasteiger charge is 2.29. The number of hydrogen-bond acceptors (Lipinski definition) is 1. The molecule has 1 aromatic carbocycles. The minimum absolute atomic E-state index is 0.801. The molecule has 0 aliphatic heterocycles. The Hall–Kier alpha value is -1.35. The lowest BCUT2D eigenvalue weighted by atomic mass is 9.85. The van der Waals surface area contributed by atoms with Crippen LogP contribution >= 0.6 is 0 Å². The first-order valence-electron chi connectivity index (χ1n) is 4.45. The van der Waals surface area contributed by atoms with Gasteiger partial charge in [0.05, 0.1) is 5.41 Å². The van der Waals surface area contributed by atoms with E-state index in [1.54, 1.807) is 19.2 Å². The van der Waals surface area contributed by atoms with Gasteiger partial charge in [0.15, 0.2) is 0 Å². The van der Waals surface area contributed by atoms with Gasteiger partial charge in [-0.25, -0.2) is 0 Å². The van der Waals surface area contributed by atoms with Gasteiger partial charge in [0.2, 0.25) is 0 Å². The summed E-state index contributed by atoms with van der Waals surface area (Å²) in [6.07, 6.45) is 0. The number of nitrogens with two attached hydrogens (primary N) is 1. The van der Waals surface area contributed by atoms with Crippen LogP contribution in [0, 0.1) is 7.05 Å². The first-order chi connectivity index (χ1) is 6.48. The summed E-state index contributed by atoms with van der Waals surface area (Å²) in [7, 11) is 3.64. The number of carboxylic acid groups (broad SMARTS) is 1.